The third-order valence-corrected chi connectivity index (χ3v) is 5.40. The number of halogens is 1. The first-order valence-electron chi connectivity index (χ1n) is 6.60. The third-order valence-electron chi connectivity index (χ3n) is 3.67. The van der Waals surface area contributed by atoms with Crippen molar-refractivity contribution in [3.8, 4) is 0 Å². The van der Waals surface area contributed by atoms with E-state index in [0.717, 1.165) is 19.4 Å². The van der Waals surface area contributed by atoms with E-state index in [2.05, 4.69) is 10.3 Å². The molecule has 8 heteroatoms. The molecule has 0 bridgehead atoms. The van der Waals surface area contributed by atoms with Crippen molar-refractivity contribution in [3.63, 3.8) is 0 Å². The molecule has 1 aliphatic heterocycles. The number of nitrogens with one attached hydrogen (secondary N) is 1. The Hall–Kier alpha value is -0.630. The Morgan fingerprint density at radius 2 is 2.20 bits per heavy atom. The van der Waals surface area contributed by atoms with E-state index in [1.807, 2.05) is 7.05 Å². The number of hydrogen-bond acceptors (Lipinski definition) is 4. The zero-order valence-corrected chi connectivity index (χ0v) is 13.8. The average Bonchev–Trinajstić information content (AvgIpc) is 2.71. The van der Waals surface area contributed by atoms with Crippen LogP contribution >= 0.6 is 12.4 Å². The van der Waals surface area contributed by atoms with Crippen molar-refractivity contribution in [3.05, 3.63) is 12.0 Å². The summed E-state index contributed by atoms with van der Waals surface area (Å²) in [5.74, 6) is 1.10. The van der Waals surface area contributed by atoms with Gasteiger partial charge in [-0.2, -0.15) is 4.31 Å². The van der Waals surface area contributed by atoms with Crippen molar-refractivity contribution in [1.29, 1.82) is 0 Å². The van der Waals surface area contributed by atoms with Crippen LogP contribution in [0, 0.1) is 12.8 Å². The summed E-state index contributed by atoms with van der Waals surface area (Å²) in [5, 5.41) is 3.29. The SMILES string of the molecule is CNCC1CCCN(S(=O)(=O)c2cn(C)c(C)n2)C1.Cl. The van der Waals surface area contributed by atoms with Crippen molar-refractivity contribution in [2.45, 2.75) is 24.8 Å². The maximum atomic E-state index is 12.5. The van der Waals surface area contributed by atoms with Gasteiger partial charge in [-0.3, -0.25) is 0 Å². The molecule has 1 aromatic heterocycles. The second-order valence-corrected chi connectivity index (χ2v) is 7.05. The van der Waals surface area contributed by atoms with Gasteiger partial charge in [0, 0.05) is 26.3 Å². The molecule has 1 saturated heterocycles. The Labute approximate surface area is 127 Å². The molecule has 0 saturated carbocycles. The van der Waals surface area contributed by atoms with E-state index in [1.54, 1.807) is 29.0 Å². The van der Waals surface area contributed by atoms with E-state index < -0.39 is 10.0 Å². The number of imidazole rings is 1. The fourth-order valence-electron chi connectivity index (χ4n) is 2.48. The molecule has 1 aliphatic rings. The summed E-state index contributed by atoms with van der Waals surface area (Å²) >= 11 is 0. The Balaban J connectivity index is 0.00000200. The summed E-state index contributed by atoms with van der Waals surface area (Å²) in [6.07, 6.45) is 3.58. The lowest BCUT2D eigenvalue weighted by molar-refractivity contribution is 0.263. The van der Waals surface area contributed by atoms with Crippen LogP contribution in [-0.4, -0.2) is 49.0 Å². The van der Waals surface area contributed by atoms with Crippen LogP contribution in [0.25, 0.3) is 0 Å². The second kappa shape index (κ2) is 6.89. The van der Waals surface area contributed by atoms with Gasteiger partial charge < -0.3 is 9.88 Å². The maximum Gasteiger partial charge on any atom is 0.262 e. The topological polar surface area (TPSA) is 67.2 Å². The molecule has 6 nitrogen and oxygen atoms in total. The van der Waals surface area contributed by atoms with Gasteiger partial charge in [0.2, 0.25) is 0 Å². The van der Waals surface area contributed by atoms with Crippen molar-refractivity contribution < 1.29 is 8.42 Å². The van der Waals surface area contributed by atoms with Crippen molar-refractivity contribution >= 4 is 22.4 Å². The lowest BCUT2D eigenvalue weighted by atomic mass is 10.00. The van der Waals surface area contributed by atoms with E-state index in [4.69, 9.17) is 0 Å². The highest BCUT2D eigenvalue weighted by Gasteiger charge is 2.31. The molecule has 20 heavy (non-hydrogen) atoms. The standard InChI is InChI=1S/C12H22N4O2S.ClH/c1-10-14-12(9-15(10)3)19(17,18)16-6-4-5-11(8-16)7-13-2;/h9,11,13H,4-8H2,1-3H3;1H. The first kappa shape index (κ1) is 17.4. The van der Waals surface area contributed by atoms with Gasteiger partial charge >= 0.3 is 0 Å². The number of rotatable bonds is 4. The molecule has 0 amide bonds. The number of piperidine rings is 1. The van der Waals surface area contributed by atoms with Gasteiger partial charge in [0.25, 0.3) is 10.0 Å². The first-order valence-corrected chi connectivity index (χ1v) is 8.04. The molecule has 0 aliphatic carbocycles. The van der Waals surface area contributed by atoms with Gasteiger partial charge in [-0.05, 0) is 39.3 Å². The Morgan fingerprint density at radius 1 is 1.50 bits per heavy atom. The second-order valence-electron chi connectivity index (χ2n) is 5.17. The molecule has 0 spiro atoms. The molecule has 116 valence electrons. The fraction of sp³-hybridized carbons (Fsp3) is 0.750. The molecule has 1 N–H and O–H groups in total. The van der Waals surface area contributed by atoms with Crippen LogP contribution < -0.4 is 5.32 Å². The minimum Gasteiger partial charge on any atom is -0.337 e. The normalized spacial score (nSPS) is 20.6. The molecule has 1 unspecified atom stereocenters. The van der Waals surface area contributed by atoms with Crippen molar-refractivity contribution in [2.24, 2.45) is 13.0 Å². The lowest BCUT2D eigenvalue weighted by Crippen LogP contribution is -2.42. The van der Waals surface area contributed by atoms with Gasteiger partial charge in [0.15, 0.2) is 5.03 Å². The molecule has 2 heterocycles. The highest BCUT2D eigenvalue weighted by Crippen LogP contribution is 2.22. The Morgan fingerprint density at radius 3 is 2.75 bits per heavy atom. The predicted molar refractivity (Wildman–Crippen MR) is 80.6 cm³/mol. The van der Waals surface area contributed by atoms with Crippen LogP contribution in [0.1, 0.15) is 18.7 Å². The highest BCUT2D eigenvalue weighted by molar-refractivity contribution is 7.89. The predicted octanol–water partition coefficient (Wildman–Crippen LogP) is 0.770. The van der Waals surface area contributed by atoms with Gasteiger partial charge in [-0.15, -0.1) is 12.4 Å². The van der Waals surface area contributed by atoms with Gasteiger partial charge in [-0.25, -0.2) is 13.4 Å². The quantitative estimate of drug-likeness (QED) is 0.889. The number of aryl methyl sites for hydroxylation is 2. The van der Waals surface area contributed by atoms with Crippen LogP contribution in [0.5, 0.6) is 0 Å². The average molecular weight is 323 g/mol. The summed E-state index contributed by atoms with van der Waals surface area (Å²) in [5.41, 5.74) is 0. The highest BCUT2D eigenvalue weighted by atomic mass is 35.5. The van der Waals surface area contributed by atoms with E-state index in [1.165, 1.54) is 0 Å². The van der Waals surface area contributed by atoms with Gasteiger partial charge in [0.05, 0.1) is 0 Å². The number of aromatic nitrogens is 2. The van der Waals surface area contributed by atoms with E-state index >= 15 is 0 Å². The lowest BCUT2D eigenvalue weighted by Gasteiger charge is -2.31. The van der Waals surface area contributed by atoms with Crippen LogP contribution in [0.4, 0.5) is 0 Å². The Kier molecular flexibility index (Phi) is 6.00. The van der Waals surface area contributed by atoms with E-state index in [9.17, 15) is 8.42 Å². The molecule has 0 radical (unpaired) electrons. The molecule has 2 rings (SSSR count). The summed E-state index contributed by atoms with van der Waals surface area (Å²) < 4.78 is 28.4. The van der Waals surface area contributed by atoms with Gasteiger partial charge in [-0.1, -0.05) is 0 Å². The number of sulfonamides is 1. The van der Waals surface area contributed by atoms with E-state index in [-0.39, 0.29) is 17.4 Å². The summed E-state index contributed by atoms with van der Waals surface area (Å²) in [6, 6.07) is 0. The maximum absolute atomic E-state index is 12.5. The molecule has 1 aromatic rings. The molecular weight excluding hydrogens is 300 g/mol. The third kappa shape index (κ3) is 3.52. The molecule has 1 fully saturated rings. The molecular formula is C12H23ClN4O2S. The number of nitrogens with zero attached hydrogens (tertiary/aromatic N) is 3. The summed E-state index contributed by atoms with van der Waals surface area (Å²) in [6.45, 7) is 3.84. The number of hydrogen-bond donors (Lipinski definition) is 1. The minimum atomic E-state index is -3.44. The van der Waals surface area contributed by atoms with Crippen LogP contribution in [-0.2, 0) is 17.1 Å². The zero-order chi connectivity index (χ0) is 14.0. The van der Waals surface area contributed by atoms with Crippen molar-refractivity contribution in [1.82, 2.24) is 19.2 Å². The zero-order valence-electron chi connectivity index (χ0n) is 12.2. The molecule has 1 atom stereocenters. The smallest absolute Gasteiger partial charge is 0.262 e. The Bertz CT molecular complexity index is 522. The minimum absolute atomic E-state index is 0. The van der Waals surface area contributed by atoms with Crippen molar-refractivity contribution in [2.75, 3.05) is 26.7 Å². The van der Waals surface area contributed by atoms with Crippen LogP contribution in [0.3, 0.4) is 0 Å². The van der Waals surface area contributed by atoms with Crippen LogP contribution in [0.2, 0.25) is 0 Å². The fourth-order valence-corrected chi connectivity index (χ4v) is 4.06. The van der Waals surface area contributed by atoms with E-state index in [0.29, 0.717) is 24.8 Å². The first-order chi connectivity index (χ1) is 8.95. The molecule has 0 aromatic carbocycles. The monoisotopic (exact) mass is 322 g/mol. The van der Waals surface area contributed by atoms with Crippen LogP contribution in [0.15, 0.2) is 11.2 Å². The summed E-state index contributed by atoms with van der Waals surface area (Å²) in [7, 11) is 0.264. The largest absolute Gasteiger partial charge is 0.337 e. The summed E-state index contributed by atoms with van der Waals surface area (Å²) in [4.78, 5) is 4.15. The van der Waals surface area contributed by atoms with Gasteiger partial charge in [0.1, 0.15) is 5.82 Å².